The Hall–Kier alpha value is -3.46. The van der Waals surface area contributed by atoms with Gasteiger partial charge in [-0.25, -0.2) is 0 Å². The number of anilines is 1. The average Bonchev–Trinajstić information content (AvgIpc) is 3.23. The molecular formula is C29H31N3. The fourth-order valence-electron chi connectivity index (χ4n) is 5.84. The molecule has 2 heterocycles. The number of nitrogens with two attached hydrogens (primary N) is 1. The topological polar surface area (TPSA) is 32.5 Å². The molecule has 0 bridgehead atoms. The molecule has 0 fully saturated rings. The van der Waals surface area contributed by atoms with Crippen LogP contribution in [0.25, 0.3) is 16.7 Å². The molecule has 1 atom stereocenters. The van der Waals surface area contributed by atoms with Crippen LogP contribution in [0.3, 0.4) is 0 Å². The van der Waals surface area contributed by atoms with E-state index in [1.807, 2.05) is 13.0 Å². The summed E-state index contributed by atoms with van der Waals surface area (Å²) in [4.78, 5) is 4.68. The monoisotopic (exact) mass is 421 g/mol. The van der Waals surface area contributed by atoms with Crippen molar-refractivity contribution in [1.82, 2.24) is 4.90 Å². The molecule has 3 aliphatic rings. The number of nitrogens with zero attached hydrogens (tertiary/aromatic N) is 2. The van der Waals surface area contributed by atoms with E-state index in [9.17, 15) is 0 Å². The smallest absolute Gasteiger partial charge is 0.0742 e. The average molecular weight is 422 g/mol. The Balaban J connectivity index is 1.87. The highest BCUT2D eigenvalue weighted by atomic mass is 15.2. The Morgan fingerprint density at radius 2 is 1.94 bits per heavy atom. The van der Waals surface area contributed by atoms with Gasteiger partial charge in [-0.05, 0) is 53.0 Å². The van der Waals surface area contributed by atoms with Crippen molar-refractivity contribution < 1.29 is 0 Å². The summed E-state index contributed by atoms with van der Waals surface area (Å²) >= 11 is 0. The molecule has 5 rings (SSSR count). The molecule has 2 N–H and O–H groups in total. The second kappa shape index (κ2) is 7.03. The van der Waals surface area contributed by atoms with E-state index in [1.54, 1.807) is 0 Å². The summed E-state index contributed by atoms with van der Waals surface area (Å²) in [6.45, 7) is 16.0. The number of hydrogen-bond acceptors (Lipinski definition) is 3. The first kappa shape index (κ1) is 20.4. The van der Waals surface area contributed by atoms with Crippen LogP contribution in [-0.2, 0) is 5.41 Å². The number of hydrogen-bond donors (Lipinski definition) is 1. The zero-order valence-electron chi connectivity index (χ0n) is 19.4. The minimum absolute atomic E-state index is 0.0928. The van der Waals surface area contributed by atoms with Gasteiger partial charge in [0.2, 0.25) is 0 Å². The second-order valence-corrected chi connectivity index (χ2v) is 9.56. The maximum absolute atomic E-state index is 6.27. The highest BCUT2D eigenvalue weighted by Crippen LogP contribution is 2.57. The first-order valence-corrected chi connectivity index (χ1v) is 11.2. The second-order valence-electron chi connectivity index (χ2n) is 9.56. The zero-order valence-corrected chi connectivity index (χ0v) is 19.4. The normalized spacial score (nSPS) is 22.2. The molecule has 0 spiro atoms. The van der Waals surface area contributed by atoms with E-state index in [0.29, 0.717) is 0 Å². The Morgan fingerprint density at radius 1 is 1.19 bits per heavy atom. The van der Waals surface area contributed by atoms with E-state index in [4.69, 9.17) is 5.73 Å². The molecule has 0 saturated carbocycles. The molecule has 0 aromatic heterocycles. The molecule has 3 nitrogen and oxygen atoms in total. The first-order chi connectivity index (χ1) is 15.3. The van der Waals surface area contributed by atoms with Crippen LogP contribution in [0.2, 0.25) is 0 Å². The molecule has 2 aromatic carbocycles. The van der Waals surface area contributed by atoms with Crippen LogP contribution in [0.1, 0.15) is 49.1 Å². The first-order valence-electron chi connectivity index (χ1n) is 11.2. The van der Waals surface area contributed by atoms with E-state index in [2.05, 4.69) is 98.6 Å². The molecule has 2 aliphatic heterocycles. The summed E-state index contributed by atoms with van der Waals surface area (Å²) < 4.78 is 0. The predicted molar refractivity (Wildman–Crippen MR) is 136 cm³/mol. The molecule has 0 amide bonds. The van der Waals surface area contributed by atoms with Gasteiger partial charge in [0.05, 0.1) is 17.4 Å². The van der Waals surface area contributed by atoms with Gasteiger partial charge in [0.15, 0.2) is 0 Å². The number of allylic oxidation sites excluding steroid dienone is 6. The van der Waals surface area contributed by atoms with Crippen LogP contribution in [0.4, 0.5) is 5.69 Å². The van der Waals surface area contributed by atoms with Crippen LogP contribution in [0.5, 0.6) is 0 Å². The lowest BCUT2D eigenvalue weighted by molar-refractivity contribution is 0.329. The molecule has 0 saturated heterocycles. The standard InChI is InChI=1S/C29H31N3/c1-7-24(19(3)30)31(6)25-17-32-15-11-10-12-18(2)21-16-22-20-13-8-9-14-23(20)29(4,5)27(22)26(25)28(21)32/h7-16,25H,1-2,17,30H2,3-6H3/b12-10-,15-11-,24-19-. The third kappa shape index (κ3) is 2.67. The van der Waals surface area contributed by atoms with Crippen LogP contribution >= 0.6 is 0 Å². The van der Waals surface area contributed by atoms with Crippen molar-refractivity contribution in [2.24, 2.45) is 5.73 Å². The van der Waals surface area contributed by atoms with E-state index in [0.717, 1.165) is 23.5 Å². The van der Waals surface area contributed by atoms with E-state index in [1.165, 1.54) is 39.1 Å². The van der Waals surface area contributed by atoms with E-state index >= 15 is 0 Å². The summed E-state index contributed by atoms with van der Waals surface area (Å²) in [7, 11) is 2.13. The Morgan fingerprint density at radius 3 is 2.66 bits per heavy atom. The summed E-state index contributed by atoms with van der Waals surface area (Å²) in [6, 6.07) is 11.3. The summed E-state index contributed by atoms with van der Waals surface area (Å²) in [5, 5.41) is 0. The van der Waals surface area contributed by atoms with Gasteiger partial charge < -0.3 is 15.5 Å². The summed E-state index contributed by atoms with van der Waals surface area (Å²) in [5.74, 6) is 0. The fraction of sp³-hybridized carbons (Fsp3) is 0.241. The quantitative estimate of drug-likeness (QED) is 0.594. The highest BCUT2D eigenvalue weighted by Gasteiger charge is 2.45. The van der Waals surface area contributed by atoms with Crippen molar-refractivity contribution >= 4 is 11.3 Å². The van der Waals surface area contributed by atoms with Gasteiger partial charge in [0.25, 0.3) is 0 Å². The van der Waals surface area contributed by atoms with Gasteiger partial charge >= 0.3 is 0 Å². The predicted octanol–water partition coefficient (Wildman–Crippen LogP) is 6.26. The SMILES string of the molecule is C=C/C(=C(\C)N)N(C)C1CN2/C=C\C=C/C(=C)c3cc4c(c1c32)C(C)(C)c1ccccc1-4. The van der Waals surface area contributed by atoms with Gasteiger partial charge in [-0.15, -0.1) is 0 Å². The lowest BCUT2D eigenvalue weighted by Crippen LogP contribution is -2.30. The molecule has 1 aliphatic carbocycles. The number of benzene rings is 2. The van der Waals surface area contributed by atoms with Crippen molar-refractivity contribution in [3.05, 3.63) is 108 Å². The lowest BCUT2D eigenvalue weighted by Gasteiger charge is -2.32. The third-order valence-electron chi connectivity index (χ3n) is 7.31. The van der Waals surface area contributed by atoms with Gasteiger partial charge in [0.1, 0.15) is 0 Å². The molecule has 0 radical (unpaired) electrons. The zero-order chi connectivity index (χ0) is 22.8. The third-order valence-corrected chi connectivity index (χ3v) is 7.31. The molecule has 1 unspecified atom stereocenters. The van der Waals surface area contributed by atoms with Crippen LogP contribution in [0.15, 0.2) is 85.4 Å². The van der Waals surface area contributed by atoms with Gasteiger partial charge in [-0.2, -0.15) is 0 Å². The maximum Gasteiger partial charge on any atom is 0.0742 e. The van der Waals surface area contributed by atoms with E-state index < -0.39 is 0 Å². The largest absolute Gasteiger partial charge is 0.401 e. The van der Waals surface area contributed by atoms with Crippen LogP contribution in [0, 0.1) is 0 Å². The van der Waals surface area contributed by atoms with Crippen molar-refractivity contribution in [2.45, 2.75) is 32.2 Å². The van der Waals surface area contributed by atoms with E-state index in [-0.39, 0.29) is 11.5 Å². The molecular weight excluding hydrogens is 390 g/mol. The Labute approximate surface area is 191 Å². The van der Waals surface area contributed by atoms with Crippen molar-refractivity contribution in [2.75, 3.05) is 18.5 Å². The van der Waals surface area contributed by atoms with Crippen molar-refractivity contribution in [3.63, 3.8) is 0 Å². The summed E-state index contributed by atoms with van der Waals surface area (Å²) in [5.41, 5.74) is 18.3. The van der Waals surface area contributed by atoms with Crippen LogP contribution in [-0.4, -0.2) is 18.5 Å². The number of rotatable bonds is 3. The minimum Gasteiger partial charge on any atom is -0.401 e. The lowest BCUT2D eigenvalue weighted by atomic mass is 9.77. The van der Waals surface area contributed by atoms with Gasteiger partial charge in [-0.1, -0.05) is 63.4 Å². The Bertz CT molecular complexity index is 1250. The fourth-order valence-corrected chi connectivity index (χ4v) is 5.84. The molecule has 162 valence electrons. The van der Waals surface area contributed by atoms with Crippen molar-refractivity contribution in [1.29, 1.82) is 0 Å². The summed E-state index contributed by atoms with van der Waals surface area (Å²) in [6.07, 6.45) is 10.3. The minimum atomic E-state index is -0.0928. The Kier molecular flexibility index (Phi) is 4.49. The van der Waals surface area contributed by atoms with Crippen molar-refractivity contribution in [3.8, 4) is 11.1 Å². The molecule has 32 heavy (non-hydrogen) atoms. The van der Waals surface area contributed by atoms with Gasteiger partial charge in [0, 0.05) is 42.0 Å². The number of likely N-dealkylation sites (N-methyl/N-ethyl adjacent to an activating group) is 1. The maximum atomic E-state index is 6.27. The van der Waals surface area contributed by atoms with Crippen LogP contribution < -0.4 is 10.6 Å². The number of fused-ring (bicyclic) bond motifs is 4. The van der Waals surface area contributed by atoms with Gasteiger partial charge in [-0.3, -0.25) is 0 Å². The highest BCUT2D eigenvalue weighted by molar-refractivity contribution is 5.94. The molecule has 2 aromatic rings. The molecule has 3 heteroatoms.